The monoisotopic (exact) mass is 230 g/mol. The van der Waals surface area contributed by atoms with Gasteiger partial charge < -0.3 is 4.74 Å². The largest absolute Gasteiger partial charge is 0.368 e. The van der Waals surface area contributed by atoms with E-state index in [4.69, 9.17) is 10.00 Å². The second kappa shape index (κ2) is 5.46. The van der Waals surface area contributed by atoms with E-state index >= 15 is 0 Å². The Morgan fingerprint density at radius 1 is 1.47 bits per heavy atom. The molecule has 0 aliphatic carbocycles. The van der Waals surface area contributed by atoms with Gasteiger partial charge in [0.2, 0.25) is 0 Å². The van der Waals surface area contributed by atoms with Gasteiger partial charge in [-0.1, -0.05) is 18.2 Å². The van der Waals surface area contributed by atoms with Crippen LogP contribution in [0, 0.1) is 11.3 Å². The zero-order chi connectivity index (χ0) is 12.1. The van der Waals surface area contributed by atoms with Crippen molar-refractivity contribution in [3.05, 3.63) is 30.3 Å². The van der Waals surface area contributed by atoms with Crippen molar-refractivity contribution >= 4 is 11.6 Å². The Balaban J connectivity index is 2.17. The lowest BCUT2D eigenvalue weighted by atomic mass is 10.2. The van der Waals surface area contributed by atoms with Crippen LogP contribution < -0.4 is 4.90 Å². The van der Waals surface area contributed by atoms with Crippen LogP contribution in [-0.4, -0.2) is 25.2 Å². The van der Waals surface area contributed by atoms with Crippen molar-refractivity contribution in [3.8, 4) is 6.07 Å². The van der Waals surface area contributed by atoms with E-state index in [0.717, 1.165) is 18.5 Å². The summed E-state index contributed by atoms with van der Waals surface area (Å²) >= 11 is 0. The highest BCUT2D eigenvalue weighted by atomic mass is 16.5. The Bertz CT molecular complexity index is 419. The minimum atomic E-state index is -0.386. The molecule has 0 radical (unpaired) electrons. The van der Waals surface area contributed by atoms with E-state index in [0.29, 0.717) is 6.61 Å². The fourth-order valence-electron chi connectivity index (χ4n) is 1.92. The zero-order valence-corrected chi connectivity index (χ0v) is 9.50. The third kappa shape index (κ3) is 2.63. The van der Waals surface area contributed by atoms with Crippen molar-refractivity contribution in [1.82, 2.24) is 0 Å². The Morgan fingerprint density at radius 2 is 2.24 bits per heavy atom. The zero-order valence-electron chi connectivity index (χ0n) is 9.50. The molecule has 1 unspecified atom stereocenters. The van der Waals surface area contributed by atoms with Gasteiger partial charge in [0.1, 0.15) is 12.6 Å². The van der Waals surface area contributed by atoms with E-state index in [9.17, 15) is 4.79 Å². The molecular formula is C13H14N2O2. The van der Waals surface area contributed by atoms with Gasteiger partial charge in [-0.3, -0.25) is 9.69 Å². The number of hydrogen-bond donors (Lipinski definition) is 0. The molecule has 4 heteroatoms. The van der Waals surface area contributed by atoms with Gasteiger partial charge in [-0.15, -0.1) is 0 Å². The molecule has 1 aromatic carbocycles. The molecule has 2 rings (SSSR count). The van der Waals surface area contributed by atoms with Crippen molar-refractivity contribution in [1.29, 1.82) is 5.26 Å². The summed E-state index contributed by atoms with van der Waals surface area (Å²) in [5.41, 5.74) is 0.745. The maximum atomic E-state index is 12.2. The predicted octanol–water partition coefficient (Wildman–Crippen LogP) is 1.72. The van der Waals surface area contributed by atoms with E-state index in [-0.39, 0.29) is 18.6 Å². The van der Waals surface area contributed by atoms with Crippen LogP contribution in [0.2, 0.25) is 0 Å². The summed E-state index contributed by atoms with van der Waals surface area (Å²) < 4.78 is 5.36. The van der Waals surface area contributed by atoms with Crippen LogP contribution in [0.5, 0.6) is 0 Å². The molecule has 4 nitrogen and oxygen atoms in total. The average Bonchev–Trinajstić information content (AvgIpc) is 2.90. The Morgan fingerprint density at radius 3 is 2.82 bits per heavy atom. The van der Waals surface area contributed by atoms with Gasteiger partial charge in [0.25, 0.3) is 5.91 Å². The van der Waals surface area contributed by atoms with Gasteiger partial charge in [0, 0.05) is 12.3 Å². The van der Waals surface area contributed by atoms with E-state index in [2.05, 4.69) is 0 Å². The molecule has 1 fully saturated rings. The van der Waals surface area contributed by atoms with E-state index < -0.39 is 0 Å². The first kappa shape index (κ1) is 11.6. The second-order valence-electron chi connectivity index (χ2n) is 3.92. The third-order valence-corrected chi connectivity index (χ3v) is 2.77. The molecule has 1 saturated heterocycles. The van der Waals surface area contributed by atoms with Gasteiger partial charge in [0.05, 0.1) is 6.07 Å². The fraction of sp³-hybridized carbons (Fsp3) is 0.385. The summed E-state index contributed by atoms with van der Waals surface area (Å²) in [5.74, 6) is -0.116. The molecule has 17 heavy (non-hydrogen) atoms. The van der Waals surface area contributed by atoms with Crippen LogP contribution >= 0.6 is 0 Å². The molecule has 1 amide bonds. The molecule has 0 aromatic heterocycles. The van der Waals surface area contributed by atoms with Crippen LogP contribution in [0.15, 0.2) is 30.3 Å². The maximum absolute atomic E-state index is 12.2. The van der Waals surface area contributed by atoms with Crippen molar-refractivity contribution in [2.75, 3.05) is 18.1 Å². The summed E-state index contributed by atoms with van der Waals surface area (Å²) in [6.45, 7) is 0.689. The molecule has 88 valence electrons. The standard InChI is InChI=1S/C13H14N2O2/c14-8-9-15(11-5-2-1-3-6-11)13(16)12-7-4-10-17-12/h1-3,5-6,12H,4,7,9-10H2. The van der Waals surface area contributed by atoms with E-state index in [1.807, 2.05) is 36.4 Å². The smallest absolute Gasteiger partial charge is 0.257 e. The summed E-state index contributed by atoms with van der Waals surface area (Å²) in [6, 6.07) is 11.2. The summed E-state index contributed by atoms with van der Waals surface area (Å²) in [7, 11) is 0. The van der Waals surface area contributed by atoms with Gasteiger partial charge in [-0.2, -0.15) is 5.26 Å². The maximum Gasteiger partial charge on any atom is 0.257 e. The van der Waals surface area contributed by atoms with Crippen molar-refractivity contribution < 1.29 is 9.53 Å². The molecule has 0 spiro atoms. The summed E-state index contributed by atoms with van der Waals surface area (Å²) in [4.78, 5) is 13.7. The van der Waals surface area contributed by atoms with Gasteiger partial charge in [0.15, 0.2) is 0 Å². The molecule has 0 N–H and O–H groups in total. The fourth-order valence-corrected chi connectivity index (χ4v) is 1.92. The summed E-state index contributed by atoms with van der Waals surface area (Å²) in [6.07, 6.45) is 1.27. The van der Waals surface area contributed by atoms with Gasteiger partial charge in [-0.25, -0.2) is 0 Å². The number of hydrogen-bond acceptors (Lipinski definition) is 3. The van der Waals surface area contributed by atoms with Crippen LogP contribution in [0.1, 0.15) is 12.8 Å². The molecule has 1 aliphatic heterocycles. The van der Waals surface area contributed by atoms with Gasteiger partial charge in [-0.05, 0) is 25.0 Å². The van der Waals surface area contributed by atoms with Crippen LogP contribution in [0.4, 0.5) is 5.69 Å². The molecule has 1 atom stereocenters. The lowest BCUT2D eigenvalue weighted by Crippen LogP contribution is -2.39. The average molecular weight is 230 g/mol. The number of nitriles is 1. The Hall–Kier alpha value is -1.86. The lowest BCUT2D eigenvalue weighted by Gasteiger charge is -2.22. The quantitative estimate of drug-likeness (QED) is 0.743. The Kier molecular flexibility index (Phi) is 3.73. The highest BCUT2D eigenvalue weighted by Crippen LogP contribution is 2.19. The van der Waals surface area contributed by atoms with Crippen LogP contribution in [0.3, 0.4) is 0 Å². The molecule has 1 heterocycles. The predicted molar refractivity (Wildman–Crippen MR) is 63.4 cm³/mol. The number of rotatable bonds is 3. The number of benzene rings is 1. The number of carbonyl (C=O) groups excluding carboxylic acids is 1. The van der Waals surface area contributed by atoms with Crippen molar-refractivity contribution in [3.63, 3.8) is 0 Å². The first-order chi connectivity index (χ1) is 8.33. The number of nitrogens with zero attached hydrogens (tertiary/aromatic N) is 2. The Labute approximate surface area is 100 Å². The molecule has 1 aromatic rings. The van der Waals surface area contributed by atoms with E-state index in [1.165, 1.54) is 4.90 Å². The van der Waals surface area contributed by atoms with Crippen molar-refractivity contribution in [2.45, 2.75) is 18.9 Å². The number of anilines is 1. The molecule has 1 aliphatic rings. The third-order valence-electron chi connectivity index (χ3n) is 2.77. The minimum absolute atomic E-state index is 0.0582. The second-order valence-corrected chi connectivity index (χ2v) is 3.92. The first-order valence-corrected chi connectivity index (χ1v) is 5.68. The number of carbonyl (C=O) groups is 1. The molecule has 0 saturated carbocycles. The SMILES string of the molecule is N#CCN(C(=O)C1CCCO1)c1ccccc1. The first-order valence-electron chi connectivity index (χ1n) is 5.68. The minimum Gasteiger partial charge on any atom is -0.368 e. The summed E-state index contributed by atoms with van der Waals surface area (Å²) in [5, 5.41) is 8.80. The number of para-hydroxylation sites is 1. The normalized spacial score (nSPS) is 18.6. The van der Waals surface area contributed by atoms with Gasteiger partial charge >= 0.3 is 0 Å². The van der Waals surface area contributed by atoms with Crippen LogP contribution in [-0.2, 0) is 9.53 Å². The molecular weight excluding hydrogens is 216 g/mol. The topological polar surface area (TPSA) is 53.3 Å². The van der Waals surface area contributed by atoms with E-state index in [1.54, 1.807) is 0 Å². The molecule has 0 bridgehead atoms. The number of ether oxygens (including phenoxy) is 1. The lowest BCUT2D eigenvalue weighted by molar-refractivity contribution is -0.127. The van der Waals surface area contributed by atoms with Crippen molar-refractivity contribution in [2.24, 2.45) is 0 Å². The number of amides is 1. The highest BCUT2D eigenvalue weighted by Gasteiger charge is 2.28. The highest BCUT2D eigenvalue weighted by molar-refractivity contribution is 5.97. The van der Waals surface area contributed by atoms with Crippen LogP contribution in [0.25, 0.3) is 0 Å².